The van der Waals surface area contributed by atoms with Gasteiger partial charge >= 0.3 is 0 Å². The highest BCUT2D eigenvalue weighted by atomic mass is 35.5. The molecule has 0 atom stereocenters. The minimum absolute atomic E-state index is 0.0902. The molecule has 0 spiro atoms. The molecule has 1 aliphatic carbocycles. The quantitative estimate of drug-likeness (QED) is 0.468. The minimum atomic E-state index is -0.524. The molecule has 1 aromatic heterocycles. The van der Waals surface area contributed by atoms with Crippen LogP contribution in [0.25, 0.3) is 6.08 Å². The van der Waals surface area contributed by atoms with Gasteiger partial charge in [0.2, 0.25) is 0 Å². The van der Waals surface area contributed by atoms with E-state index in [0.29, 0.717) is 10.9 Å². The van der Waals surface area contributed by atoms with Crippen LogP contribution in [0.1, 0.15) is 35.1 Å². The molecule has 180 valence electrons. The second-order valence-electron chi connectivity index (χ2n) is 9.26. The number of nitrogens with zero attached hydrogens (tertiary/aromatic N) is 4. The van der Waals surface area contributed by atoms with E-state index in [0.717, 1.165) is 50.3 Å². The van der Waals surface area contributed by atoms with E-state index >= 15 is 0 Å². The molecule has 2 aromatic carbocycles. The first-order chi connectivity index (χ1) is 16.9. The van der Waals surface area contributed by atoms with E-state index in [9.17, 15) is 9.65 Å². The molecule has 0 unspecified atom stereocenters. The van der Waals surface area contributed by atoms with E-state index in [-0.39, 0.29) is 11.8 Å². The maximum atomic E-state index is 14.2. The first kappa shape index (κ1) is 23.4. The average Bonchev–Trinajstić information content (AvgIpc) is 3.43. The molecule has 8 heteroatoms. The summed E-state index contributed by atoms with van der Waals surface area (Å²) in [5, 5.41) is 13.1. The maximum Gasteiger partial charge on any atom is 0.262 e. The summed E-state index contributed by atoms with van der Waals surface area (Å²) in [4.78, 5) is 6.78. The Balaban J connectivity index is 1.21. The van der Waals surface area contributed by atoms with Crippen LogP contribution in [0, 0.1) is 24.1 Å². The number of ether oxygens (including phenoxy) is 1. The van der Waals surface area contributed by atoms with Crippen molar-refractivity contribution in [2.75, 3.05) is 18.4 Å². The molecule has 0 bridgehead atoms. The van der Waals surface area contributed by atoms with Crippen LogP contribution in [0.2, 0.25) is 5.02 Å². The Hall–Kier alpha value is -3.34. The summed E-state index contributed by atoms with van der Waals surface area (Å²) in [6.07, 6.45) is 6.39. The zero-order chi connectivity index (χ0) is 24.5. The third kappa shape index (κ3) is 4.90. The van der Waals surface area contributed by atoms with E-state index in [1.807, 2.05) is 17.7 Å². The number of aromatic nitrogens is 2. The predicted octanol–water partition coefficient (Wildman–Crippen LogP) is 5.85. The van der Waals surface area contributed by atoms with E-state index in [1.54, 1.807) is 12.4 Å². The number of likely N-dealkylation sites (tertiary alicyclic amines) is 1. The third-order valence-electron chi connectivity index (χ3n) is 6.89. The highest BCUT2D eigenvalue weighted by Gasteiger charge is 2.24. The van der Waals surface area contributed by atoms with Gasteiger partial charge in [0, 0.05) is 49.7 Å². The molecule has 5 rings (SSSR count). The Morgan fingerprint density at radius 1 is 1.26 bits per heavy atom. The molecule has 1 N–H and O–H groups in total. The van der Waals surface area contributed by atoms with Crippen molar-refractivity contribution in [1.29, 1.82) is 5.26 Å². The molecular formula is C27H27ClFN5O. The van der Waals surface area contributed by atoms with Gasteiger partial charge in [-0.2, -0.15) is 5.26 Å². The van der Waals surface area contributed by atoms with Crippen LogP contribution in [-0.4, -0.2) is 33.6 Å². The van der Waals surface area contributed by atoms with Gasteiger partial charge in [-0.1, -0.05) is 23.7 Å². The molecule has 1 fully saturated rings. The van der Waals surface area contributed by atoms with Gasteiger partial charge < -0.3 is 14.6 Å². The number of fused-ring (bicyclic) bond motifs is 1. The summed E-state index contributed by atoms with van der Waals surface area (Å²) in [6, 6.07) is 11.3. The normalized spacial score (nSPS) is 16.0. The number of piperidine rings is 1. The van der Waals surface area contributed by atoms with Crippen molar-refractivity contribution in [3.8, 4) is 17.7 Å². The number of hydrogen-bond donors (Lipinski definition) is 1. The summed E-state index contributed by atoms with van der Waals surface area (Å²) in [6.45, 7) is 4.99. The molecule has 0 amide bonds. The number of allylic oxidation sites excluding steroid dienone is 1. The van der Waals surface area contributed by atoms with E-state index in [1.165, 1.54) is 34.4 Å². The lowest BCUT2D eigenvalue weighted by molar-refractivity contribution is 0.210. The van der Waals surface area contributed by atoms with Gasteiger partial charge in [0.25, 0.3) is 5.88 Å². The van der Waals surface area contributed by atoms with Crippen LogP contribution < -0.4 is 10.1 Å². The van der Waals surface area contributed by atoms with Crippen LogP contribution in [0.15, 0.2) is 42.2 Å². The van der Waals surface area contributed by atoms with Crippen molar-refractivity contribution in [3.63, 3.8) is 0 Å². The largest absolute Gasteiger partial charge is 0.433 e. The third-order valence-corrected chi connectivity index (χ3v) is 7.12. The van der Waals surface area contributed by atoms with Crippen molar-refractivity contribution < 1.29 is 9.13 Å². The SMILES string of the molecule is Cc1c(CN2CCC(Nc3c(Oc4ccc(Cl)cc4F)ncn3C)CC2)ccc2c1C=C(C#N)C2. The number of nitrogens with one attached hydrogen (secondary N) is 1. The van der Waals surface area contributed by atoms with Crippen LogP contribution in [0.3, 0.4) is 0 Å². The second-order valence-corrected chi connectivity index (χ2v) is 9.70. The number of benzene rings is 2. The van der Waals surface area contributed by atoms with Gasteiger partial charge in [-0.3, -0.25) is 4.90 Å². The molecule has 0 radical (unpaired) electrons. The summed E-state index contributed by atoms with van der Waals surface area (Å²) in [7, 11) is 1.89. The molecule has 3 aromatic rings. The molecule has 1 aliphatic heterocycles. The van der Waals surface area contributed by atoms with Crippen molar-refractivity contribution in [2.24, 2.45) is 7.05 Å². The molecular weight excluding hydrogens is 465 g/mol. The number of nitriles is 1. The van der Waals surface area contributed by atoms with Gasteiger partial charge in [0.15, 0.2) is 17.4 Å². The summed E-state index contributed by atoms with van der Waals surface area (Å²) in [5.41, 5.74) is 5.90. The second kappa shape index (κ2) is 9.73. The molecule has 2 heterocycles. The number of halogens is 2. The molecule has 35 heavy (non-hydrogen) atoms. The Morgan fingerprint density at radius 3 is 2.80 bits per heavy atom. The molecule has 1 saturated heterocycles. The number of aryl methyl sites for hydroxylation is 1. The fourth-order valence-electron chi connectivity index (χ4n) is 4.84. The number of imidazole rings is 1. The smallest absolute Gasteiger partial charge is 0.262 e. The Labute approximate surface area is 209 Å². The fraction of sp³-hybridized carbons (Fsp3) is 0.333. The van der Waals surface area contributed by atoms with Crippen LogP contribution in [0.4, 0.5) is 10.2 Å². The Kier molecular flexibility index (Phi) is 6.50. The van der Waals surface area contributed by atoms with Crippen molar-refractivity contribution in [3.05, 3.63) is 75.3 Å². The summed E-state index contributed by atoms with van der Waals surface area (Å²) >= 11 is 5.85. The average molecular weight is 492 g/mol. The van der Waals surface area contributed by atoms with Crippen molar-refractivity contribution >= 4 is 23.5 Å². The topological polar surface area (TPSA) is 66.1 Å². The van der Waals surface area contributed by atoms with Gasteiger partial charge in [-0.05, 0) is 66.3 Å². The van der Waals surface area contributed by atoms with E-state index in [4.69, 9.17) is 16.3 Å². The van der Waals surface area contributed by atoms with Crippen LogP contribution >= 0.6 is 11.6 Å². The molecule has 6 nitrogen and oxygen atoms in total. The molecule has 0 saturated carbocycles. The first-order valence-electron chi connectivity index (χ1n) is 11.8. The first-order valence-corrected chi connectivity index (χ1v) is 12.1. The maximum absolute atomic E-state index is 14.2. The van der Waals surface area contributed by atoms with Gasteiger partial charge in [-0.25, -0.2) is 9.37 Å². The Bertz CT molecular complexity index is 1330. The highest BCUT2D eigenvalue weighted by Crippen LogP contribution is 2.33. The van der Waals surface area contributed by atoms with Gasteiger partial charge in [-0.15, -0.1) is 0 Å². The predicted molar refractivity (Wildman–Crippen MR) is 135 cm³/mol. The zero-order valence-corrected chi connectivity index (χ0v) is 20.6. The molecule has 2 aliphatic rings. The number of hydrogen-bond acceptors (Lipinski definition) is 5. The standard InChI is InChI=1S/C27H27ClFN5O/c1-17-20(4-3-19-11-18(14-30)12-23(17)19)15-34-9-7-22(8-10-34)32-26-27(31-16-33(26)2)35-25-6-5-21(28)13-24(25)29/h3-6,12-13,16,22,32H,7-11,15H2,1-2H3. The Morgan fingerprint density at radius 2 is 2.06 bits per heavy atom. The zero-order valence-electron chi connectivity index (χ0n) is 19.8. The van der Waals surface area contributed by atoms with Gasteiger partial charge in [0.05, 0.1) is 6.07 Å². The summed E-state index contributed by atoms with van der Waals surface area (Å²) < 4.78 is 21.8. The van der Waals surface area contributed by atoms with Crippen LogP contribution in [0.5, 0.6) is 11.6 Å². The van der Waals surface area contributed by atoms with Crippen LogP contribution in [-0.2, 0) is 20.0 Å². The summed E-state index contributed by atoms with van der Waals surface area (Å²) in [5.74, 6) is 0.637. The number of rotatable bonds is 6. The van der Waals surface area contributed by atoms with Crippen molar-refractivity contribution in [1.82, 2.24) is 14.5 Å². The van der Waals surface area contributed by atoms with Gasteiger partial charge in [0.1, 0.15) is 6.33 Å². The van der Waals surface area contributed by atoms with Crippen molar-refractivity contribution in [2.45, 2.75) is 38.8 Å². The number of anilines is 1. The minimum Gasteiger partial charge on any atom is -0.433 e. The highest BCUT2D eigenvalue weighted by molar-refractivity contribution is 6.30. The van der Waals surface area contributed by atoms with E-state index in [2.05, 4.69) is 40.3 Å². The lowest BCUT2D eigenvalue weighted by atomic mass is 9.97. The lowest BCUT2D eigenvalue weighted by Crippen LogP contribution is -2.39. The van der Waals surface area contributed by atoms with E-state index < -0.39 is 5.82 Å². The lowest BCUT2D eigenvalue weighted by Gasteiger charge is -2.33. The monoisotopic (exact) mass is 491 g/mol. The fourth-order valence-corrected chi connectivity index (χ4v) is 5.00.